The standard InChI is InChI=1S/C16H23N3O2/c1-4-13-10-14(19(2)18-13)11-21-15-6-5-12(7-8-17)9-16(15)20-3/h5-6,9-10H,4,7-8,11,17H2,1-3H3. The van der Waals surface area contributed by atoms with Crippen LogP contribution in [0.5, 0.6) is 11.5 Å². The first-order chi connectivity index (χ1) is 10.2. The number of hydrogen-bond donors (Lipinski definition) is 1. The van der Waals surface area contributed by atoms with E-state index >= 15 is 0 Å². The Morgan fingerprint density at radius 1 is 1.24 bits per heavy atom. The molecular formula is C16H23N3O2. The Morgan fingerprint density at radius 2 is 2.05 bits per heavy atom. The van der Waals surface area contributed by atoms with Gasteiger partial charge in [0.2, 0.25) is 0 Å². The molecule has 0 atom stereocenters. The van der Waals surface area contributed by atoms with Crippen LogP contribution in [0.15, 0.2) is 24.3 Å². The molecule has 0 saturated carbocycles. The van der Waals surface area contributed by atoms with E-state index in [1.807, 2.05) is 29.9 Å². The Balaban J connectivity index is 2.10. The minimum atomic E-state index is 0.468. The predicted molar refractivity (Wildman–Crippen MR) is 82.7 cm³/mol. The molecule has 0 amide bonds. The van der Waals surface area contributed by atoms with E-state index < -0.39 is 0 Å². The number of hydrogen-bond acceptors (Lipinski definition) is 4. The fourth-order valence-electron chi connectivity index (χ4n) is 2.18. The van der Waals surface area contributed by atoms with Crippen LogP contribution < -0.4 is 15.2 Å². The Bertz CT molecular complexity index is 593. The lowest BCUT2D eigenvalue weighted by Gasteiger charge is -2.12. The quantitative estimate of drug-likeness (QED) is 0.847. The maximum Gasteiger partial charge on any atom is 0.161 e. The summed E-state index contributed by atoms with van der Waals surface area (Å²) in [6, 6.07) is 7.99. The second-order valence-corrected chi connectivity index (χ2v) is 4.92. The van der Waals surface area contributed by atoms with E-state index in [2.05, 4.69) is 18.1 Å². The Hall–Kier alpha value is -2.01. The van der Waals surface area contributed by atoms with Crippen molar-refractivity contribution >= 4 is 0 Å². The van der Waals surface area contributed by atoms with E-state index in [4.69, 9.17) is 15.2 Å². The van der Waals surface area contributed by atoms with Crippen molar-refractivity contribution in [3.8, 4) is 11.5 Å². The second kappa shape index (κ2) is 7.13. The van der Waals surface area contributed by atoms with Crippen LogP contribution in [-0.4, -0.2) is 23.4 Å². The third kappa shape index (κ3) is 3.76. The van der Waals surface area contributed by atoms with Gasteiger partial charge in [0, 0.05) is 7.05 Å². The first kappa shape index (κ1) is 15.4. The van der Waals surface area contributed by atoms with Crippen LogP contribution in [0, 0.1) is 0 Å². The van der Waals surface area contributed by atoms with Crippen LogP contribution in [0.4, 0.5) is 0 Å². The van der Waals surface area contributed by atoms with Gasteiger partial charge in [-0.25, -0.2) is 0 Å². The maximum absolute atomic E-state index is 5.87. The number of aromatic nitrogens is 2. The van der Waals surface area contributed by atoms with Crippen molar-refractivity contribution in [2.45, 2.75) is 26.4 Å². The number of nitrogens with two attached hydrogens (primary N) is 1. The molecule has 1 heterocycles. The van der Waals surface area contributed by atoms with Crippen LogP contribution >= 0.6 is 0 Å². The van der Waals surface area contributed by atoms with Gasteiger partial charge in [-0.15, -0.1) is 0 Å². The molecule has 0 aliphatic carbocycles. The molecule has 5 heteroatoms. The normalized spacial score (nSPS) is 10.7. The molecule has 0 aliphatic heterocycles. The largest absolute Gasteiger partial charge is 0.493 e. The van der Waals surface area contributed by atoms with Gasteiger partial charge >= 0.3 is 0 Å². The molecule has 0 radical (unpaired) electrons. The highest BCUT2D eigenvalue weighted by molar-refractivity contribution is 5.43. The van der Waals surface area contributed by atoms with E-state index in [1.54, 1.807) is 7.11 Å². The summed E-state index contributed by atoms with van der Waals surface area (Å²) in [5.74, 6) is 1.47. The van der Waals surface area contributed by atoms with Crippen LogP contribution in [0.25, 0.3) is 0 Å². The smallest absolute Gasteiger partial charge is 0.161 e. The summed E-state index contributed by atoms with van der Waals surface area (Å²) >= 11 is 0. The van der Waals surface area contributed by atoms with Crippen molar-refractivity contribution in [2.75, 3.05) is 13.7 Å². The van der Waals surface area contributed by atoms with Gasteiger partial charge in [0.1, 0.15) is 6.61 Å². The van der Waals surface area contributed by atoms with Gasteiger partial charge in [0.25, 0.3) is 0 Å². The molecule has 0 unspecified atom stereocenters. The number of benzene rings is 1. The molecule has 5 nitrogen and oxygen atoms in total. The topological polar surface area (TPSA) is 62.3 Å². The minimum Gasteiger partial charge on any atom is -0.493 e. The van der Waals surface area contributed by atoms with Gasteiger partial charge in [-0.1, -0.05) is 13.0 Å². The fourth-order valence-corrected chi connectivity index (χ4v) is 2.18. The number of methoxy groups -OCH3 is 1. The monoisotopic (exact) mass is 289 g/mol. The van der Waals surface area contributed by atoms with Crippen molar-refractivity contribution < 1.29 is 9.47 Å². The zero-order chi connectivity index (χ0) is 15.2. The van der Waals surface area contributed by atoms with E-state index in [1.165, 1.54) is 0 Å². The molecule has 1 aromatic heterocycles. The number of nitrogens with zero attached hydrogens (tertiary/aromatic N) is 2. The van der Waals surface area contributed by atoms with Gasteiger partial charge in [-0.2, -0.15) is 5.10 Å². The average molecular weight is 289 g/mol. The third-order valence-corrected chi connectivity index (χ3v) is 3.43. The molecule has 0 aliphatic rings. The zero-order valence-electron chi connectivity index (χ0n) is 12.9. The second-order valence-electron chi connectivity index (χ2n) is 4.92. The fraction of sp³-hybridized carbons (Fsp3) is 0.438. The first-order valence-electron chi connectivity index (χ1n) is 7.19. The van der Waals surface area contributed by atoms with Crippen molar-refractivity contribution in [3.63, 3.8) is 0 Å². The van der Waals surface area contributed by atoms with E-state index in [0.717, 1.165) is 41.3 Å². The Morgan fingerprint density at radius 3 is 2.67 bits per heavy atom. The van der Waals surface area contributed by atoms with Gasteiger partial charge in [0.05, 0.1) is 18.5 Å². The summed E-state index contributed by atoms with van der Waals surface area (Å²) in [4.78, 5) is 0. The molecule has 114 valence electrons. The molecule has 1 aromatic carbocycles. The number of aryl methyl sites for hydroxylation is 2. The lowest BCUT2D eigenvalue weighted by Crippen LogP contribution is -2.05. The molecule has 2 rings (SSSR count). The van der Waals surface area contributed by atoms with E-state index in [9.17, 15) is 0 Å². The Kier molecular flexibility index (Phi) is 5.22. The highest BCUT2D eigenvalue weighted by Gasteiger charge is 2.09. The third-order valence-electron chi connectivity index (χ3n) is 3.43. The van der Waals surface area contributed by atoms with Gasteiger partial charge in [-0.05, 0) is 43.1 Å². The molecule has 0 saturated heterocycles. The van der Waals surface area contributed by atoms with Crippen LogP contribution in [0.3, 0.4) is 0 Å². The molecule has 2 aromatic rings. The lowest BCUT2D eigenvalue weighted by molar-refractivity contribution is 0.275. The van der Waals surface area contributed by atoms with Crippen molar-refractivity contribution in [1.29, 1.82) is 0 Å². The van der Waals surface area contributed by atoms with Crippen molar-refractivity contribution in [1.82, 2.24) is 9.78 Å². The average Bonchev–Trinajstić information content (AvgIpc) is 2.86. The van der Waals surface area contributed by atoms with Crippen LogP contribution in [0.2, 0.25) is 0 Å². The van der Waals surface area contributed by atoms with Crippen LogP contribution in [0.1, 0.15) is 23.9 Å². The van der Waals surface area contributed by atoms with Gasteiger partial charge in [-0.3, -0.25) is 4.68 Å². The van der Waals surface area contributed by atoms with Crippen molar-refractivity contribution in [2.24, 2.45) is 12.8 Å². The van der Waals surface area contributed by atoms with Gasteiger partial charge in [0.15, 0.2) is 11.5 Å². The number of rotatable bonds is 7. The highest BCUT2D eigenvalue weighted by Crippen LogP contribution is 2.29. The summed E-state index contributed by atoms with van der Waals surface area (Å²) in [6.07, 6.45) is 1.75. The minimum absolute atomic E-state index is 0.468. The Labute approximate surface area is 125 Å². The molecule has 2 N–H and O–H groups in total. The molecule has 0 fully saturated rings. The lowest BCUT2D eigenvalue weighted by atomic mass is 10.1. The summed E-state index contributed by atoms with van der Waals surface area (Å²) in [5.41, 5.74) is 8.84. The maximum atomic E-state index is 5.87. The van der Waals surface area contributed by atoms with Crippen molar-refractivity contribution in [3.05, 3.63) is 41.2 Å². The highest BCUT2D eigenvalue weighted by atomic mass is 16.5. The summed E-state index contributed by atoms with van der Waals surface area (Å²) in [7, 11) is 3.58. The van der Waals surface area contributed by atoms with E-state index in [-0.39, 0.29) is 0 Å². The molecule has 21 heavy (non-hydrogen) atoms. The first-order valence-corrected chi connectivity index (χ1v) is 7.19. The van der Waals surface area contributed by atoms with E-state index in [0.29, 0.717) is 13.2 Å². The molecular weight excluding hydrogens is 266 g/mol. The number of ether oxygens (including phenoxy) is 2. The zero-order valence-corrected chi connectivity index (χ0v) is 12.9. The predicted octanol–water partition coefficient (Wildman–Crippen LogP) is 2.07. The summed E-state index contributed by atoms with van der Waals surface area (Å²) < 4.78 is 13.1. The molecule has 0 spiro atoms. The SMILES string of the molecule is CCc1cc(COc2ccc(CCN)cc2OC)n(C)n1. The van der Waals surface area contributed by atoms with Crippen LogP contribution in [-0.2, 0) is 26.5 Å². The summed E-state index contributed by atoms with van der Waals surface area (Å²) in [5, 5.41) is 4.41. The summed E-state index contributed by atoms with van der Waals surface area (Å²) in [6.45, 7) is 3.18. The molecule has 0 bridgehead atoms. The van der Waals surface area contributed by atoms with Gasteiger partial charge < -0.3 is 15.2 Å².